The summed E-state index contributed by atoms with van der Waals surface area (Å²) in [6.45, 7) is 1.82. The number of benzene rings is 2. The van der Waals surface area contributed by atoms with E-state index in [2.05, 4.69) is 10.4 Å². The Hall–Kier alpha value is -1.82. The summed E-state index contributed by atoms with van der Waals surface area (Å²) < 4.78 is 0. The number of hydrogen-bond acceptors (Lipinski definition) is 4. The summed E-state index contributed by atoms with van der Waals surface area (Å²) in [7, 11) is 0. The van der Waals surface area contributed by atoms with Crippen molar-refractivity contribution < 1.29 is 4.79 Å². The average molecular weight is 372 g/mol. The van der Waals surface area contributed by atoms with Gasteiger partial charge in [-0.1, -0.05) is 48.0 Å². The highest BCUT2D eigenvalue weighted by Gasteiger charge is 2.19. The first-order chi connectivity index (χ1) is 12.2. The van der Waals surface area contributed by atoms with Gasteiger partial charge in [0.15, 0.2) is 0 Å². The van der Waals surface area contributed by atoms with E-state index in [1.54, 1.807) is 11.8 Å². The Morgan fingerprint density at radius 1 is 1.08 bits per heavy atom. The summed E-state index contributed by atoms with van der Waals surface area (Å²) >= 11 is 8.02. The lowest BCUT2D eigenvalue weighted by Crippen LogP contribution is -2.45. The summed E-state index contributed by atoms with van der Waals surface area (Å²) in [5, 5.41) is 2.45. The molecule has 0 bridgehead atoms. The minimum Gasteiger partial charge on any atom is -0.285 e. The molecule has 0 spiro atoms. The SMILES string of the molecule is O=C(NN1CCCCC1)c1ccc2c(c1)N=C(Cl)c1ccccc1S2. The maximum atomic E-state index is 12.5. The monoisotopic (exact) mass is 371 g/mol. The minimum atomic E-state index is -0.0946. The highest BCUT2D eigenvalue weighted by molar-refractivity contribution is 7.99. The Kier molecular flexibility index (Phi) is 4.79. The van der Waals surface area contributed by atoms with Gasteiger partial charge in [-0.25, -0.2) is 10.0 Å². The van der Waals surface area contributed by atoms with Crippen molar-refractivity contribution in [3.8, 4) is 0 Å². The number of rotatable bonds is 2. The van der Waals surface area contributed by atoms with E-state index >= 15 is 0 Å². The molecular formula is C19H18ClN3OS. The van der Waals surface area contributed by atoms with Crippen LogP contribution < -0.4 is 5.43 Å². The van der Waals surface area contributed by atoms with Crippen LogP contribution in [0.4, 0.5) is 5.69 Å². The topological polar surface area (TPSA) is 44.7 Å². The predicted molar refractivity (Wildman–Crippen MR) is 102 cm³/mol. The van der Waals surface area contributed by atoms with Crippen molar-refractivity contribution in [1.29, 1.82) is 0 Å². The minimum absolute atomic E-state index is 0.0946. The summed E-state index contributed by atoms with van der Waals surface area (Å²) in [6.07, 6.45) is 3.48. The molecule has 2 heterocycles. The van der Waals surface area contributed by atoms with Crippen LogP contribution in [-0.2, 0) is 0 Å². The van der Waals surface area contributed by atoms with Crippen LogP contribution in [-0.4, -0.2) is 29.2 Å². The summed E-state index contributed by atoms with van der Waals surface area (Å²) in [6, 6.07) is 13.5. The van der Waals surface area contributed by atoms with Crippen molar-refractivity contribution >= 4 is 40.1 Å². The number of nitrogens with one attached hydrogen (secondary N) is 1. The second-order valence-electron chi connectivity index (χ2n) is 6.17. The number of nitrogens with zero attached hydrogens (tertiary/aromatic N) is 2. The maximum absolute atomic E-state index is 12.5. The Labute approximate surface area is 156 Å². The lowest BCUT2D eigenvalue weighted by Gasteiger charge is -2.26. The standard InChI is InChI=1S/C19H18ClN3OS/c20-18-14-6-2-3-7-16(14)25-17-9-8-13(12-15(17)21-18)19(24)22-23-10-4-1-5-11-23/h2-3,6-9,12H,1,4-5,10-11H2,(H,22,24). The average Bonchev–Trinajstić information content (AvgIpc) is 2.78. The van der Waals surface area contributed by atoms with Gasteiger partial charge in [0.25, 0.3) is 5.91 Å². The smallest absolute Gasteiger partial charge is 0.265 e. The molecule has 0 aliphatic carbocycles. The van der Waals surface area contributed by atoms with Crippen LogP contribution in [0.15, 0.2) is 57.2 Å². The second kappa shape index (κ2) is 7.20. The fraction of sp³-hybridized carbons (Fsp3) is 0.263. The molecule has 1 N–H and O–H groups in total. The second-order valence-corrected chi connectivity index (χ2v) is 7.61. The Morgan fingerprint density at radius 2 is 1.88 bits per heavy atom. The van der Waals surface area contributed by atoms with Crippen LogP contribution in [0.3, 0.4) is 0 Å². The summed E-state index contributed by atoms with van der Waals surface area (Å²) in [5.41, 5.74) is 5.25. The number of carbonyl (C=O) groups excluding carboxylic acids is 1. The number of hydrogen-bond donors (Lipinski definition) is 1. The zero-order valence-corrected chi connectivity index (χ0v) is 15.2. The summed E-state index contributed by atoms with van der Waals surface area (Å²) in [5.74, 6) is -0.0946. The van der Waals surface area contributed by atoms with Crippen LogP contribution in [0, 0.1) is 0 Å². The van der Waals surface area contributed by atoms with Crippen LogP contribution in [0.1, 0.15) is 35.2 Å². The predicted octanol–water partition coefficient (Wildman–Crippen LogP) is 4.60. The molecule has 0 aromatic heterocycles. The lowest BCUT2D eigenvalue weighted by atomic mass is 10.1. The first kappa shape index (κ1) is 16.6. The van der Waals surface area contributed by atoms with Crippen molar-refractivity contribution in [1.82, 2.24) is 10.4 Å². The molecule has 1 fully saturated rings. The van der Waals surface area contributed by atoms with E-state index in [4.69, 9.17) is 11.6 Å². The molecular weight excluding hydrogens is 354 g/mol. The first-order valence-corrected chi connectivity index (χ1v) is 9.61. The van der Waals surface area contributed by atoms with Gasteiger partial charge >= 0.3 is 0 Å². The van der Waals surface area contributed by atoms with E-state index in [0.29, 0.717) is 10.7 Å². The fourth-order valence-electron chi connectivity index (χ4n) is 3.06. The van der Waals surface area contributed by atoms with E-state index < -0.39 is 0 Å². The Balaban J connectivity index is 1.61. The van der Waals surface area contributed by atoms with E-state index in [1.807, 2.05) is 47.5 Å². The molecule has 2 aliphatic heterocycles. The lowest BCUT2D eigenvalue weighted by molar-refractivity contribution is 0.0750. The van der Waals surface area contributed by atoms with Crippen LogP contribution in [0.2, 0.25) is 0 Å². The van der Waals surface area contributed by atoms with Crippen molar-refractivity contribution in [2.75, 3.05) is 13.1 Å². The first-order valence-electron chi connectivity index (χ1n) is 8.42. The molecule has 2 aliphatic rings. The largest absolute Gasteiger partial charge is 0.285 e. The van der Waals surface area contributed by atoms with Gasteiger partial charge in [-0.05, 0) is 37.1 Å². The molecule has 128 valence electrons. The zero-order chi connectivity index (χ0) is 17.2. The van der Waals surface area contributed by atoms with Gasteiger partial charge in [-0.15, -0.1) is 0 Å². The van der Waals surface area contributed by atoms with Gasteiger partial charge in [-0.3, -0.25) is 10.2 Å². The molecule has 6 heteroatoms. The normalized spacial score (nSPS) is 17.1. The highest BCUT2D eigenvalue weighted by atomic mass is 35.5. The molecule has 2 aromatic rings. The Morgan fingerprint density at radius 3 is 2.72 bits per heavy atom. The van der Waals surface area contributed by atoms with Crippen molar-refractivity contribution in [3.05, 3.63) is 53.6 Å². The molecule has 4 rings (SSSR count). The van der Waals surface area contributed by atoms with Gasteiger partial charge < -0.3 is 0 Å². The molecule has 0 unspecified atom stereocenters. The van der Waals surface area contributed by atoms with E-state index in [1.165, 1.54) is 6.42 Å². The maximum Gasteiger partial charge on any atom is 0.265 e. The number of amides is 1. The van der Waals surface area contributed by atoms with Crippen LogP contribution in [0.5, 0.6) is 0 Å². The van der Waals surface area contributed by atoms with Gasteiger partial charge in [0.1, 0.15) is 5.17 Å². The van der Waals surface area contributed by atoms with Crippen molar-refractivity contribution in [2.24, 2.45) is 4.99 Å². The van der Waals surface area contributed by atoms with Crippen LogP contribution >= 0.6 is 23.4 Å². The number of piperidine rings is 1. The molecule has 25 heavy (non-hydrogen) atoms. The number of halogens is 1. The van der Waals surface area contributed by atoms with Crippen molar-refractivity contribution in [3.63, 3.8) is 0 Å². The third-order valence-corrected chi connectivity index (χ3v) is 5.81. The van der Waals surface area contributed by atoms with Gasteiger partial charge in [0, 0.05) is 34.0 Å². The summed E-state index contributed by atoms with van der Waals surface area (Å²) in [4.78, 5) is 19.1. The number of fused-ring (bicyclic) bond motifs is 2. The van der Waals surface area contributed by atoms with Crippen molar-refractivity contribution in [2.45, 2.75) is 29.1 Å². The molecule has 1 saturated heterocycles. The van der Waals surface area contributed by atoms with Crippen LogP contribution in [0.25, 0.3) is 0 Å². The highest BCUT2D eigenvalue weighted by Crippen LogP contribution is 2.41. The molecule has 4 nitrogen and oxygen atoms in total. The molecule has 0 radical (unpaired) electrons. The van der Waals surface area contributed by atoms with Gasteiger partial charge in [0.05, 0.1) is 5.69 Å². The number of hydrazine groups is 1. The molecule has 1 amide bonds. The zero-order valence-electron chi connectivity index (χ0n) is 13.7. The van der Waals surface area contributed by atoms with Gasteiger partial charge in [0.2, 0.25) is 0 Å². The van der Waals surface area contributed by atoms with Gasteiger partial charge in [-0.2, -0.15) is 0 Å². The third-order valence-electron chi connectivity index (χ3n) is 4.38. The van der Waals surface area contributed by atoms with E-state index in [0.717, 1.165) is 47.0 Å². The van der Waals surface area contributed by atoms with E-state index in [-0.39, 0.29) is 5.91 Å². The van der Waals surface area contributed by atoms with E-state index in [9.17, 15) is 4.79 Å². The Bertz CT molecular complexity index is 846. The molecule has 0 atom stereocenters. The number of aliphatic imine (C=N–C) groups is 1. The quantitative estimate of drug-likeness (QED) is 0.839. The fourth-order valence-corrected chi connectivity index (χ4v) is 4.37. The molecule has 2 aromatic carbocycles. The third kappa shape index (κ3) is 3.59. The molecule has 0 saturated carbocycles. The number of carbonyl (C=O) groups is 1.